The fourth-order valence-corrected chi connectivity index (χ4v) is 1.67. The summed E-state index contributed by atoms with van der Waals surface area (Å²) in [5, 5.41) is 3.44. The van der Waals surface area contributed by atoms with Gasteiger partial charge in [0.05, 0.1) is 5.52 Å². The first kappa shape index (κ1) is 12.6. The lowest BCUT2D eigenvalue weighted by Crippen LogP contribution is -2.13. The van der Waals surface area contributed by atoms with Gasteiger partial charge in [-0.3, -0.25) is 0 Å². The third kappa shape index (κ3) is 2.37. The lowest BCUT2D eigenvalue weighted by molar-refractivity contribution is -0.144. The van der Waals surface area contributed by atoms with Gasteiger partial charge in [0, 0.05) is 11.9 Å². The highest BCUT2D eigenvalue weighted by Gasteiger charge is 2.35. The highest BCUT2D eigenvalue weighted by atomic mass is 19.4. The van der Waals surface area contributed by atoms with Crippen LogP contribution in [0.5, 0.6) is 0 Å². The average Bonchev–Trinajstić information content (AvgIpc) is 2.28. The van der Waals surface area contributed by atoms with Crippen molar-refractivity contribution in [3.05, 3.63) is 29.6 Å². The number of benzene rings is 1. The van der Waals surface area contributed by atoms with Gasteiger partial charge in [-0.1, -0.05) is 11.6 Å². The minimum Gasteiger partial charge on any atom is -0.370 e. The zero-order chi connectivity index (χ0) is 13.3. The summed E-state index contributed by atoms with van der Waals surface area (Å²) in [5.41, 5.74) is 1.24. The van der Waals surface area contributed by atoms with Gasteiger partial charge in [-0.15, -0.1) is 0 Å². The maximum atomic E-state index is 12.7. The molecule has 6 heteroatoms. The van der Waals surface area contributed by atoms with Crippen LogP contribution in [0.1, 0.15) is 18.3 Å². The minimum absolute atomic E-state index is 0.221. The van der Waals surface area contributed by atoms with Crippen LogP contribution in [0.15, 0.2) is 18.2 Å². The molecule has 1 N–H and O–H groups in total. The number of halogens is 3. The smallest absolute Gasteiger partial charge is 0.370 e. The van der Waals surface area contributed by atoms with E-state index in [1.54, 1.807) is 25.1 Å². The molecule has 0 aliphatic heterocycles. The number of hydrogen-bond donors (Lipinski definition) is 1. The Morgan fingerprint density at radius 2 is 1.94 bits per heavy atom. The SMILES string of the molecule is CCNc1nc(C(F)(F)F)nc2ccc(C)cc12. The molecule has 0 aliphatic rings. The van der Waals surface area contributed by atoms with Crippen LogP contribution in [0.3, 0.4) is 0 Å². The number of hydrogen-bond acceptors (Lipinski definition) is 3. The Kier molecular flexibility index (Phi) is 3.11. The molecule has 0 saturated heterocycles. The fraction of sp³-hybridized carbons (Fsp3) is 0.333. The number of fused-ring (bicyclic) bond motifs is 1. The summed E-state index contributed by atoms with van der Waals surface area (Å²) in [6.07, 6.45) is -4.54. The van der Waals surface area contributed by atoms with E-state index in [0.717, 1.165) is 5.56 Å². The molecule has 0 unspecified atom stereocenters. The van der Waals surface area contributed by atoms with E-state index >= 15 is 0 Å². The molecule has 0 amide bonds. The van der Waals surface area contributed by atoms with Crippen molar-refractivity contribution in [3.8, 4) is 0 Å². The molecule has 1 aromatic heterocycles. The van der Waals surface area contributed by atoms with Crippen molar-refractivity contribution in [2.24, 2.45) is 0 Å². The van der Waals surface area contributed by atoms with Gasteiger partial charge in [0.15, 0.2) is 0 Å². The minimum atomic E-state index is -4.54. The Hall–Kier alpha value is -1.85. The van der Waals surface area contributed by atoms with Crippen molar-refractivity contribution in [1.29, 1.82) is 0 Å². The van der Waals surface area contributed by atoms with Gasteiger partial charge in [-0.25, -0.2) is 9.97 Å². The van der Waals surface area contributed by atoms with E-state index in [1.807, 2.05) is 6.92 Å². The topological polar surface area (TPSA) is 37.8 Å². The van der Waals surface area contributed by atoms with Gasteiger partial charge < -0.3 is 5.32 Å². The number of rotatable bonds is 2. The van der Waals surface area contributed by atoms with Crippen LogP contribution in [0.25, 0.3) is 10.9 Å². The third-order valence-corrected chi connectivity index (χ3v) is 2.45. The van der Waals surface area contributed by atoms with Crippen molar-refractivity contribution in [2.45, 2.75) is 20.0 Å². The predicted octanol–water partition coefficient (Wildman–Crippen LogP) is 3.39. The molecule has 0 spiro atoms. The van der Waals surface area contributed by atoms with Crippen molar-refractivity contribution >= 4 is 16.7 Å². The Bertz CT molecular complexity index is 579. The Balaban J connectivity index is 2.70. The molecule has 3 nitrogen and oxygen atoms in total. The molecule has 18 heavy (non-hydrogen) atoms. The Labute approximate surface area is 102 Å². The lowest BCUT2D eigenvalue weighted by Gasteiger charge is -2.11. The Morgan fingerprint density at radius 1 is 1.22 bits per heavy atom. The van der Waals surface area contributed by atoms with E-state index in [2.05, 4.69) is 15.3 Å². The second-order valence-electron chi connectivity index (χ2n) is 3.94. The van der Waals surface area contributed by atoms with E-state index in [9.17, 15) is 13.2 Å². The monoisotopic (exact) mass is 255 g/mol. The molecule has 0 bridgehead atoms. The molecule has 96 valence electrons. The van der Waals surface area contributed by atoms with Gasteiger partial charge in [0.2, 0.25) is 5.82 Å². The molecule has 0 radical (unpaired) electrons. The third-order valence-electron chi connectivity index (χ3n) is 2.45. The number of alkyl halides is 3. The van der Waals surface area contributed by atoms with E-state index in [0.29, 0.717) is 17.4 Å². The molecule has 0 saturated carbocycles. The van der Waals surface area contributed by atoms with Crippen LogP contribution in [0.2, 0.25) is 0 Å². The molecular weight excluding hydrogens is 243 g/mol. The summed E-state index contributed by atoms with van der Waals surface area (Å²) in [6.45, 7) is 4.17. The first-order chi connectivity index (χ1) is 8.41. The van der Waals surface area contributed by atoms with Crippen molar-refractivity contribution < 1.29 is 13.2 Å². The largest absolute Gasteiger partial charge is 0.451 e. The first-order valence-electron chi connectivity index (χ1n) is 5.51. The normalized spacial score (nSPS) is 11.8. The van der Waals surface area contributed by atoms with E-state index in [4.69, 9.17) is 0 Å². The Morgan fingerprint density at radius 3 is 2.56 bits per heavy atom. The highest BCUT2D eigenvalue weighted by Crippen LogP contribution is 2.30. The second kappa shape index (κ2) is 4.44. The summed E-state index contributed by atoms with van der Waals surface area (Å²) >= 11 is 0. The van der Waals surface area contributed by atoms with Crippen LogP contribution in [0, 0.1) is 6.92 Å². The van der Waals surface area contributed by atoms with Crippen molar-refractivity contribution in [3.63, 3.8) is 0 Å². The number of aromatic nitrogens is 2. The second-order valence-corrected chi connectivity index (χ2v) is 3.94. The standard InChI is InChI=1S/C12H12F3N3/c1-3-16-10-8-6-7(2)4-5-9(8)17-11(18-10)12(13,14)15/h4-6H,3H2,1-2H3,(H,16,17,18). The molecule has 0 atom stereocenters. The van der Waals surface area contributed by atoms with E-state index in [-0.39, 0.29) is 5.82 Å². The summed E-state index contributed by atoms with van der Waals surface area (Å²) in [6, 6.07) is 5.07. The van der Waals surface area contributed by atoms with Crippen molar-refractivity contribution in [2.75, 3.05) is 11.9 Å². The van der Waals surface area contributed by atoms with E-state index < -0.39 is 12.0 Å². The summed E-state index contributed by atoms with van der Waals surface area (Å²) in [7, 11) is 0. The van der Waals surface area contributed by atoms with Gasteiger partial charge in [0.25, 0.3) is 0 Å². The average molecular weight is 255 g/mol. The van der Waals surface area contributed by atoms with Crippen LogP contribution in [-0.4, -0.2) is 16.5 Å². The molecule has 2 rings (SSSR count). The lowest BCUT2D eigenvalue weighted by atomic mass is 10.1. The summed E-state index contributed by atoms with van der Waals surface area (Å²) in [5.74, 6) is -0.895. The first-order valence-corrected chi connectivity index (χ1v) is 5.51. The summed E-state index contributed by atoms with van der Waals surface area (Å²) in [4.78, 5) is 7.11. The maximum absolute atomic E-state index is 12.7. The van der Waals surface area contributed by atoms with Crippen LogP contribution < -0.4 is 5.32 Å². The van der Waals surface area contributed by atoms with Crippen LogP contribution >= 0.6 is 0 Å². The van der Waals surface area contributed by atoms with E-state index in [1.165, 1.54) is 0 Å². The van der Waals surface area contributed by atoms with Gasteiger partial charge >= 0.3 is 6.18 Å². The fourth-order valence-electron chi connectivity index (χ4n) is 1.67. The zero-order valence-electron chi connectivity index (χ0n) is 9.97. The van der Waals surface area contributed by atoms with Crippen LogP contribution in [-0.2, 0) is 6.18 Å². The number of nitrogens with zero attached hydrogens (tertiary/aromatic N) is 2. The highest BCUT2D eigenvalue weighted by molar-refractivity contribution is 5.89. The molecule has 1 heterocycles. The van der Waals surface area contributed by atoms with Gasteiger partial charge in [0.1, 0.15) is 5.82 Å². The zero-order valence-corrected chi connectivity index (χ0v) is 9.97. The molecule has 0 aliphatic carbocycles. The van der Waals surface area contributed by atoms with Gasteiger partial charge in [-0.05, 0) is 26.0 Å². The molecule has 1 aromatic carbocycles. The molecule has 2 aromatic rings. The number of nitrogens with one attached hydrogen (secondary N) is 1. The predicted molar refractivity (Wildman–Crippen MR) is 63.4 cm³/mol. The van der Waals surface area contributed by atoms with Gasteiger partial charge in [-0.2, -0.15) is 13.2 Å². The summed E-state index contributed by atoms with van der Waals surface area (Å²) < 4.78 is 38.0. The molecular formula is C12H12F3N3. The number of aryl methyl sites for hydroxylation is 1. The number of anilines is 1. The van der Waals surface area contributed by atoms with Crippen LogP contribution in [0.4, 0.5) is 19.0 Å². The molecule has 0 fully saturated rings. The maximum Gasteiger partial charge on any atom is 0.451 e. The van der Waals surface area contributed by atoms with Crippen molar-refractivity contribution in [1.82, 2.24) is 9.97 Å². The quantitative estimate of drug-likeness (QED) is 0.893.